The zero-order valence-corrected chi connectivity index (χ0v) is 18.3. The zero-order chi connectivity index (χ0) is 22.9. The highest BCUT2D eigenvalue weighted by Crippen LogP contribution is 2.26. The minimum atomic E-state index is -0.317. The van der Waals surface area contributed by atoms with Crippen molar-refractivity contribution >= 4 is 43.6 Å². The van der Waals surface area contributed by atoms with Crippen LogP contribution in [-0.4, -0.2) is 39.2 Å². The quantitative estimate of drug-likeness (QED) is 0.371. The lowest BCUT2D eigenvalue weighted by Crippen LogP contribution is -2.34. The van der Waals surface area contributed by atoms with Crippen LogP contribution in [0.1, 0.15) is 0 Å². The van der Waals surface area contributed by atoms with E-state index < -0.39 is 0 Å². The molecule has 0 spiro atoms. The van der Waals surface area contributed by atoms with Crippen LogP contribution in [0.3, 0.4) is 0 Å². The molecule has 0 amide bonds. The Morgan fingerprint density at radius 3 is 1.53 bits per heavy atom. The van der Waals surface area contributed by atoms with Gasteiger partial charge in [-0.05, 0) is 24.3 Å². The van der Waals surface area contributed by atoms with Gasteiger partial charge in [0.25, 0.3) is 0 Å². The number of aromatic nitrogens is 4. The van der Waals surface area contributed by atoms with E-state index in [4.69, 9.17) is 15.2 Å². The van der Waals surface area contributed by atoms with Crippen LogP contribution in [-0.2, 0) is 0 Å². The Morgan fingerprint density at radius 2 is 1.03 bits per heavy atom. The van der Waals surface area contributed by atoms with Gasteiger partial charge in [0.2, 0.25) is 0 Å². The highest BCUT2D eigenvalue weighted by Gasteiger charge is 2.10. The van der Waals surface area contributed by atoms with Gasteiger partial charge in [-0.25, -0.2) is 0 Å². The summed E-state index contributed by atoms with van der Waals surface area (Å²) in [6.45, 7) is 0.600. The van der Waals surface area contributed by atoms with E-state index in [0.717, 1.165) is 43.6 Å². The van der Waals surface area contributed by atoms with E-state index in [1.165, 1.54) is 0 Å². The van der Waals surface area contributed by atoms with Gasteiger partial charge in [-0.3, -0.25) is 19.9 Å². The van der Waals surface area contributed by atoms with Crippen molar-refractivity contribution in [2.75, 3.05) is 13.2 Å². The number of rotatable bonds is 6. The van der Waals surface area contributed by atoms with Gasteiger partial charge in [0.1, 0.15) is 24.7 Å². The fourth-order valence-electron chi connectivity index (χ4n) is 4.04. The second-order valence-corrected chi connectivity index (χ2v) is 8.15. The van der Waals surface area contributed by atoms with Crippen molar-refractivity contribution in [3.63, 3.8) is 0 Å². The molecule has 2 N–H and O–H groups in total. The van der Waals surface area contributed by atoms with Gasteiger partial charge >= 0.3 is 0 Å². The number of ether oxygens (including phenoxy) is 2. The number of benzene rings is 2. The number of nitrogens with zero attached hydrogens (tertiary/aromatic N) is 4. The molecule has 2 aromatic carbocycles. The number of pyridine rings is 4. The predicted octanol–water partition coefficient (Wildman–Crippen LogP) is 4.66. The maximum absolute atomic E-state index is 6.23. The van der Waals surface area contributed by atoms with Gasteiger partial charge in [-0.15, -0.1) is 0 Å². The molecule has 0 aliphatic carbocycles. The molecule has 4 aromatic heterocycles. The Labute approximate surface area is 195 Å². The van der Waals surface area contributed by atoms with Gasteiger partial charge in [0.15, 0.2) is 0 Å². The monoisotopic (exact) mass is 447 g/mol. The van der Waals surface area contributed by atoms with Crippen molar-refractivity contribution in [2.24, 2.45) is 5.73 Å². The van der Waals surface area contributed by atoms with E-state index in [-0.39, 0.29) is 6.04 Å². The highest BCUT2D eigenvalue weighted by molar-refractivity contribution is 6.03. The Hall–Kier alpha value is -4.36. The van der Waals surface area contributed by atoms with Gasteiger partial charge in [0.05, 0.1) is 40.5 Å². The Bertz CT molecular complexity index is 1530. The first-order valence-electron chi connectivity index (χ1n) is 11.0. The molecule has 0 bridgehead atoms. The van der Waals surface area contributed by atoms with Crippen molar-refractivity contribution in [3.05, 3.63) is 85.5 Å². The van der Waals surface area contributed by atoms with Crippen LogP contribution in [0.15, 0.2) is 85.5 Å². The molecule has 0 radical (unpaired) electrons. The topological polar surface area (TPSA) is 96.0 Å². The normalized spacial score (nSPS) is 11.6. The summed E-state index contributed by atoms with van der Waals surface area (Å²) in [6.07, 6.45) is 6.96. The average molecular weight is 447 g/mol. The number of hydrogen-bond acceptors (Lipinski definition) is 7. The molecule has 0 aliphatic rings. The molecule has 0 unspecified atom stereocenters. The van der Waals surface area contributed by atoms with Crippen LogP contribution in [0, 0.1) is 0 Å². The molecule has 7 nitrogen and oxygen atoms in total. The minimum Gasteiger partial charge on any atom is -0.490 e. The number of hydrogen-bond donors (Lipinski definition) is 1. The van der Waals surface area contributed by atoms with Crippen LogP contribution in [0.25, 0.3) is 43.6 Å². The Morgan fingerprint density at radius 1 is 0.588 bits per heavy atom. The summed E-state index contributed by atoms with van der Waals surface area (Å²) in [6, 6.07) is 19.6. The Balaban J connectivity index is 1.11. The molecule has 0 aliphatic heterocycles. The van der Waals surface area contributed by atoms with Crippen molar-refractivity contribution in [2.45, 2.75) is 6.04 Å². The van der Waals surface area contributed by atoms with Gasteiger partial charge in [-0.2, -0.15) is 0 Å². The molecule has 0 saturated heterocycles. The van der Waals surface area contributed by atoms with Crippen LogP contribution in [0.4, 0.5) is 0 Å². The van der Waals surface area contributed by atoms with Crippen molar-refractivity contribution < 1.29 is 9.47 Å². The van der Waals surface area contributed by atoms with Crippen molar-refractivity contribution in [1.82, 2.24) is 19.9 Å². The molecule has 0 atom stereocenters. The molecule has 0 fully saturated rings. The lowest BCUT2D eigenvalue weighted by molar-refractivity contribution is 0.220. The van der Waals surface area contributed by atoms with E-state index in [1.807, 2.05) is 60.7 Å². The smallest absolute Gasteiger partial charge is 0.138 e. The second-order valence-electron chi connectivity index (χ2n) is 8.15. The number of fused-ring (bicyclic) bond motifs is 6. The summed E-state index contributed by atoms with van der Waals surface area (Å²) in [5.41, 5.74) is 9.69. The summed E-state index contributed by atoms with van der Waals surface area (Å²) >= 11 is 0. The first-order chi connectivity index (χ1) is 16.7. The molecule has 6 aromatic rings. The molecular formula is C27H21N5O2. The summed E-state index contributed by atoms with van der Waals surface area (Å²) in [4.78, 5) is 18.0. The van der Waals surface area contributed by atoms with Crippen LogP contribution in [0.5, 0.6) is 11.5 Å². The highest BCUT2D eigenvalue weighted by atomic mass is 16.5. The van der Waals surface area contributed by atoms with Gasteiger partial charge in [-0.1, -0.05) is 36.4 Å². The van der Waals surface area contributed by atoms with Gasteiger partial charge < -0.3 is 15.2 Å². The van der Waals surface area contributed by atoms with E-state index in [1.54, 1.807) is 24.8 Å². The summed E-state index contributed by atoms with van der Waals surface area (Å²) in [5, 5.41) is 4.06. The predicted molar refractivity (Wildman–Crippen MR) is 133 cm³/mol. The summed E-state index contributed by atoms with van der Waals surface area (Å²) in [5.74, 6) is 1.31. The molecule has 7 heteroatoms. The van der Waals surface area contributed by atoms with E-state index >= 15 is 0 Å². The standard InChI is InChI=1S/C27H21N5O2/c28-21(15-33-22-11-19-7-5-17-3-1-9-29-24(17)26(19)31-13-22)16-34-23-12-20-8-6-18-4-2-10-30-25(18)27(20)32-14-23/h1-14,21H,15-16,28H2. The average Bonchev–Trinajstić information content (AvgIpc) is 2.90. The molecule has 0 saturated carbocycles. The molecule has 6 rings (SSSR count). The van der Waals surface area contributed by atoms with Gasteiger partial charge in [0, 0.05) is 33.9 Å². The first-order valence-corrected chi connectivity index (χ1v) is 11.0. The zero-order valence-electron chi connectivity index (χ0n) is 18.3. The molecule has 166 valence electrons. The van der Waals surface area contributed by atoms with E-state index in [9.17, 15) is 0 Å². The molecular weight excluding hydrogens is 426 g/mol. The lowest BCUT2D eigenvalue weighted by Gasteiger charge is -2.15. The third-order valence-corrected chi connectivity index (χ3v) is 5.72. The maximum Gasteiger partial charge on any atom is 0.138 e. The van der Waals surface area contributed by atoms with Crippen molar-refractivity contribution in [1.29, 1.82) is 0 Å². The largest absolute Gasteiger partial charge is 0.490 e. The minimum absolute atomic E-state index is 0.300. The maximum atomic E-state index is 6.23. The van der Waals surface area contributed by atoms with Crippen molar-refractivity contribution in [3.8, 4) is 11.5 Å². The second kappa shape index (κ2) is 8.53. The van der Waals surface area contributed by atoms with Crippen LogP contribution >= 0.6 is 0 Å². The fourth-order valence-corrected chi connectivity index (χ4v) is 4.04. The Kier molecular flexibility index (Phi) is 5.08. The summed E-state index contributed by atoms with van der Waals surface area (Å²) in [7, 11) is 0. The van der Waals surface area contributed by atoms with Crippen LogP contribution in [0.2, 0.25) is 0 Å². The van der Waals surface area contributed by atoms with Crippen LogP contribution < -0.4 is 15.2 Å². The first kappa shape index (κ1) is 20.3. The third-order valence-electron chi connectivity index (χ3n) is 5.72. The number of nitrogens with two attached hydrogens (primary N) is 1. The SMILES string of the molecule is NC(COc1cnc2c(ccc3cccnc32)c1)COc1cnc2c(ccc3cccnc32)c1. The summed E-state index contributed by atoms with van der Waals surface area (Å²) < 4.78 is 11.8. The van der Waals surface area contributed by atoms with E-state index in [2.05, 4.69) is 19.9 Å². The lowest BCUT2D eigenvalue weighted by atomic mass is 10.1. The fraction of sp³-hybridized carbons (Fsp3) is 0.111. The molecule has 34 heavy (non-hydrogen) atoms. The third kappa shape index (κ3) is 3.82. The van der Waals surface area contributed by atoms with E-state index in [0.29, 0.717) is 24.7 Å². The molecule has 4 heterocycles.